The smallest absolute Gasteiger partial charge is 0.302 e. The molecule has 2 aromatic carbocycles. The molecule has 3 heterocycles. The Kier molecular flexibility index (Phi) is 11.9. The van der Waals surface area contributed by atoms with Gasteiger partial charge in [0, 0.05) is 26.4 Å². The van der Waals surface area contributed by atoms with Gasteiger partial charge >= 0.3 is 5.97 Å². The Labute approximate surface area is 254 Å². The zero-order valence-electron chi connectivity index (χ0n) is 25.0. The fraction of sp³-hybridized carbons (Fsp3) is 0.543. The van der Waals surface area contributed by atoms with Gasteiger partial charge in [-0.15, -0.1) is 0 Å². The van der Waals surface area contributed by atoms with Crippen molar-refractivity contribution in [1.82, 2.24) is 0 Å². The summed E-state index contributed by atoms with van der Waals surface area (Å²) in [6.07, 6.45) is 5.42. The van der Waals surface area contributed by atoms with E-state index < -0.39 is 24.4 Å². The lowest BCUT2D eigenvalue weighted by atomic mass is 9.92. The third-order valence-electron chi connectivity index (χ3n) is 8.27. The predicted octanol–water partition coefficient (Wildman–Crippen LogP) is 5.51. The molecule has 2 aromatic rings. The van der Waals surface area contributed by atoms with Crippen LogP contribution in [0.4, 0.5) is 0 Å². The molecule has 7 atom stereocenters. The minimum Gasteiger partial charge on any atom is -0.460 e. The summed E-state index contributed by atoms with van der Waals surface area (Å²) >= 11 is 0. The normalized spacial score (nSPS) is 29.4. The van der Waals surface area contributed by atoms with Crippen molar-refractivity contribution in [2.24, 2.45) is 0 Å². The van der Waals surface area contributed by atoms with Crippen molar-refractivity contribution >= 4 is 11.8 Å². The molecular formula is C35H44O8. The molecule has 3 aliphatic rings. The molecule has 0 saturated carbocycles. The van der Waals surface area contributed by atoms with Gasteiger partial charge in [-0.05, 0) is 43.2 Å². The topological polar surface area (TPSA) is 89.5 Å². The Morgan fingerprint density at radius 1 is 0.907 bits per heavy atom. The summed E-state index contributed by atoms with van der Waals surface area (Å²) in [6, 6.07) is 19.9. The predicted molar refractivity (Wildman–Crippen MR) is 160 cm³/mol. The van der Waals surface area contributed by atoms with E-state index in [1.165, 1.54) is 6.92 Å². The monoisotopic (exact) mass is 592 g/mol. The SMILES string of the molecule is CC(=O)O[C@@H]1CC[C@@H](COCc2ccccc2)O[C@H]1[C@@H](C[C@H]1O[C@H]2CCCO[C@@H]2C/C=C\CC1=O)OCc1ccccc1. The molecule has 0 aromatic heterocycles. The van der Waals surface area contributed by atoms with Crippen LogP contribution in [0.2, 0.25) is 0 Å². The van der Waals surface area contributed by atoms with Gasteiger partial charge in [-0.3, -0.25) is 9.59 Å². The van der Waals surface area contributed by atoms with Crippen LogP contribution in [0.15, 0.2) is 72.8 Å². The van der Waals surface area contributed by atoms with E-state index in [4.69, 9.17) is 28.4 Å². The highest BCUT2D eigenvalue weighted by Gasteiger charge is 2.42. The maximum Gasteiger partial charge on any atom is 0.302 e. The maximum atomic E-state index is 13.5. The Morgan fingerprint density at radius 3 is 2.40 bits per heavy atom. The standard InChI is InChI=1S/C35H44O8/c1-25(36)41-32-19-18-28(24-38-22-26-11-4-2-5-12-26)42-35(32)34(40-23-27-13-6-3-7-14-27)21-33-29(37)15-8-9-16-30-31(43-33)17-10-20-39-30/h2-9,11-14,28,30-35H,10,15-24H2,1H3/b9-8-/t28-,30+,31-,32+,33+,34+,35+/m0/s1. The Morgan fingerprint density at radius 2 is 1.65 bits per heavy atom. The number of ketones is 1. The lowest BCUT2D eigenvalue weighted by molar-refractivity contribution is -0.211. The van der Waals surface area contributed by atoms with Gasteiger partial charge < -0.3 is 28.4 Å². The molecule has 0 radical (unpaired) electrons. The second-order valence-corrected chi connectivity index (χ2v) is 11.6. The van der Waals surface area contributed by atoms with Crippen molar-refractivity contribution in [1.29, 1.82) is 0 Å². The highest BCUT2D eigenvalue weighted by atomic mass is 16.6. The lowest BCUT2D eigenvalue weighted by Gasteiger charge is -2.41. The molecule has 8 nitrogen and oxygen atoms in total. The first-order chi connectivity index (χ1) is 21.0. The summed E-state index contributed by atoms with van der Waals surface area (Å²) < 4.78 is 37.5. The van der Waals surface area contributed by atoms with Crippen molar-refractivity contribution in [3.8, 4) is 0 Å². The fourth-order valence-corrected chi connectivity index (χ4v) is 6.07. The number of esters is 1. The minimum atomic E-state index is -0.700. The molecule has 0 bridgehead atoms. The van der Waals surface area contributed by atoms with Gasteiger partial charge in [0.1, 0.15) is 18.3 Å². The van der Waals surface area contributed by atoms with E-state index in [0.717, 1.165) is 30.4 Å². The molecule has 0 amide bonds. The summed E-state index contributed by atoms with van der Waals surface area (Å²) in [4.78, 5) is 25.6. The Bertz CT molecular complexity index is 1170. The fourth-order valence-electron chi connectivity index (χ4n) is 6.07. The molecule has 0 N–H and O–H groups in total. The van der Waals surface area contributed by atoms with Gasteiger partial charge in [-0.2, -0.15) is 0 Å². The number of Topliss-reactive ketones (excluding diaryl/α,β-unsaturated/α-hetero) is 1. The average molecular weight is 593 g/mol. The average Bonchev–Trinajstić information content (AvgIpc) is 3.10. The zero-order valence-corrected chi connectivity index (χ0v) is 25.0. The van der Waals surface area contributed by atoms with Gasteiger partial charge in [0.25, 0.3) is 0 Å². The second-order valence-electron chi connectivity index (χ2n) is 11.6. The molecule has 232 valence electrons. The van der Waals surface area contributed by atoms with Crippen LogP contribution in [0.5, 0.6) is 0 Å². The summed E-state index contributed by atoms with van der Waals surface area (Å²) in [5.74, 6) is -0.375. The largest absolute Gasteiger partial charge is 0.460 e. The maximum absolute atomic E-state index is 13.5. The van der Waals surface area contributed by atoms with Crippen molar-refractivity contribution in [2.45, 2.75) is 108 Å². The van der Waals surface area contributed by atoms with E-state index in [2.05, 4.69) is 0 Å². The minimum absolute atomic E-state index is 0.00150. The van der Waals surface area contributed by atoms with Crippen molar-refractivity contribution in [2.75, 3.05) is 13.2 Å². The van der Waals surface area contributed by atoms with E-state index in [0.29, 0.717) is 39.3 Å². The van der Waals surface area contributed by atoms with Gasteiger partial charge in [0.05, 0.1) is 44.2 Å². The number of benzene rings is 2. The highest BCUT2D eigenvalue weighted by molar-refractivity contribution is 5.84. The number of allylic oxidation sites excluding steroid dienone is 1. The van der Waals surface area contributed by atoms with Crippen LogP contribution in [0.1, 0.15) is 63.0 Å². The van der Waals surface area contributed by atoms with Crippen LogP contribution in [-0.4, -0.2) is 67.7 Å². The molecule has 0 unspecified atom stereocenters. The first-order valence-corrected chi connectivity index (χ1v) is 15.6. The van der Waals surface area contributed by atoms with Crippen LogP contribution in [0, 0.1) is 0 Å². The quantitative estimate of drug-likeness (QED) is 0.249. The first kappa shape index (κ1) is 31.5. The third-order valence-corrected chi connectivity index (χ3v) is 8.27. The Balaban J connectivity index is 1.34. The number of fused-ring (bicyclic) bond motifs is 1. The third kappa shape index (κ3) is 9.55. The van der Waals surface area contributed by atoms with Crippen LogP contribution in [-0.2, 0) is 51.2 Å². The van der Waals surface area contributed by atoms with E-state index in [-0.39, 0.29) is 42.9 Å². The molecule has 0 spiro atoms. The van der Waals surface area contributed by atoms with Crippen LogP contribution in [0.25, 0.3) is 0 Å². The van der Waals surface area contributed by atoms with Crippen LogP contribution < -0.4 is 0 Å². The van der Waals surface area contributed by atoms with Crippen molar-refractivity contribution in [3.63, 3.8) is 0 Å². The molecule has 2 saturated heterocycles. The van der Waals surface area contributed by atoms with Gasteiger partial charge in [0.15, 0.2) is 5.78 Å². The van der Waals surface area contributed by atoms with Crippen molar-refractivity contribution in [3.05, 3.63) is 83.9 Å². The summed E-state index contributed by atoms with van der Waals surface area (Å²) in [7, 11) is 0. The van der Waals surface area contributed by atoms with E-state index in [1.54, 1.807) is 0 Å². The molecule has 43 heavy (non-hydrogen) atoms. The molecule has 0 aliphatic carbocycles. The summed E-state index contributed by atoms with van der Waals surface area (Å²) in [5.41, 5.74) is 2.09. The molecular weight excluding hydrogens is 548 g/mol. The van der Waals surface area contributed by atoms with E-state index >= 15 is 0 Å². The number of carbonyl (C=O) groups is 2. The molecule has 2 fully saturated rings. The van der Waals surface area contributed by atoms with Crippen LogP contribution >= 0.6 is 0 Å². The lowest BCUT2D eigenvalue weighted by Crippen LogP contribution is -2.51. The first-order valence-electron chi connectivity index (χ1n) is 15.6. The number of hydrogen-bond acceptors (Lipinski definition) is 8. The number of hydrogen-bond donors (Lipinski definition) is 0. The van der Waals surface area contributed by atoms with Crippen molar-refractivity contribution < 1.29 is 38.0 Å². The number of ether oxygens (including phenoxy) is 6. The molecule has 8 heteroatoms. The van der Waals surface area contributed by atoms with Crippen LogP contribution in [0.3, 0.4) is 0 Å². The summed E-state index contributed by atoms with van der Waals surface area (Å²) in [6.45, 7) is 3.31. The van der Waals surface area contributed by atoms with Gasteiger partial charge in [0.2, 0.25) is 0 Å². The number of rotatable bonds is 11. The highest BCUT2D eigenvalue weighted by Crippen LogP contribution is 2.31. The zero-order chi connectivity index (χ0) is 29.9. The summed E-state index contributed by atoms with van der Waals surface area (Å²) in [5, 5.41) is 0. The van der Waals surface area contributed by atoms with Gasteiger partial charge in [-0.1, -0.05) is 72.8 Å². The molecule has 5 rings (SSSR count). The van der Waals surface area contributed by atoms with E-state index in [1.807, 2.05) is 72.8 Å². The van der Waals surface area contributed by atoms with Gasteiger partial charge in [-0.25, -0.2) is 0 Å². The van der Waals surface area contributed by atoms with E-state index in [9.17, 15) is 9.59 Å². The molecule has 3 aliphatic heterocycles. The number of carbonyl (C=O) groups excluding carboxylic acids is 2. The second kappa shape index (κ2) is 16.3. The Hall–Kier alpha value is -2.88.